The first-order chi connectivity index (χ1) is 6.27. The van der Waals surface area contributed by atoms with Crippen LogP contribution < -0.4 is 0 Å². The van der Waals surface area contributed by atoms with Crippen LogP contribution in [0.1, 0.15) is 41.0 Å². The molecule has 3 nitrogen and oxygen atoms in total. The van der Waals surface area contributed by atoms with Crippen LogP contribution in [-0.2, 0) is 9.47 Å². The maximum atomic E-state index is 10.3. The molecule has 0 unspecified atom stereocenters. The molecule has 0 saturated carbocycles. The Labute approximate surface area is 86.4 Å². The maximum Gasteiger partial charge on any atom is 0.194 e. The smallest absolute Gasteiger partial charge is 0.194 e. The summed E-state index contributed by atoms with van der Waals surface area (Å²) in [5.41, 5.74) is -0.925. The molecule has 3 heteroatoms. The van der Waals surface area contributed by atoms with Crippen molar-refractivity contribution in [2.45, 2.75) is 58.5 Å². The highest BCUT2D eigenvalue weighted by Crippen LogP contribution is 2.37. The van der Waals surface area contributed by atoms with Gasteiger partial charge in [0.05, 0.1) is 12.7 Å². The Kier molecular flexibility index (Phi) is 3.24. The average molecular weight is 202 g/mol. The largest absolute Gasteiger partial charge is 0.385 e. The van der Waals surface area contributed by atoms with E-state index in [0.717, 1.165) is 0 Å². The van der Waals surface area contributed by atoms with E-state index in [9.17, 15) is 5.11 Å². The molecule has 0 aromatic heterocycles. The van der Waals surface area contributed by atoms with Crippen LogP contribution in [0.4, 0.5) is 0 Å². The number of hydrogen-bond acceptors (Lipinski definition) is 3. The maximum absolute atomic E-state index is 10.3. The Morgan fingerprint density at radius 2 is 2.14 bits per heavy atom. The van der Waals surface area contributed by atoms with Gasteiger partial charge < -0.3 is 14.6 Å². The Hall–Kier alpha value is -0.120. The molecule has 0 spiro atoms. The van der Waals surface area contributed by atoms with Gasteiger partial charge in [0.1, 0.15) is 5.60 Å². The molecule has 1 saturated heterocycles. The fourth-order valence-electron chi connectivity index (χ4n) is 1.99. The Morgan fingerprint density at radius 3 is 2.50 bits per heavy atom. The number of ether oxygens (including phenoxy) is 2. The van der Waals surface area contributed by atoms with Crippen molar-refractivity contribution in [1.82, 2.24) is 0 Å². The quantitative estimate of drug-likeness (QED) is 0.760. The zero-order valence-electron chi connectivity index (χ0n) is 9.83. The van der Waals surface area contributed by atoms with Crippen molar-refractivity contribution in [1.29, 1.82) is 0 Å². The molecule has 1 N–H and O–H groups in total. The standard InChI is InChI=1S/C11H22O3/c1-8(2)6-10(4,12)11(5)13-7-9(3)14-11/h8-9,12H,6-7H2,1-5H3/t9-,10+,11-/m0/s1. The average Bonchev–Trinajstić information content (AvgIpc) is 2.29. The van der Waals surface area contributed by atoms with Crippen molar-refractivity contribution < 1.29 is 14.6 Å². The Balaban J connectivity index is 2.70. The molecule has 0 amide bonds. The van der Waals surface area contributed by atoms with Crippen LogP contribution in [0.2, 0.25) is 0 Å². The highest BCUT2D eigenvalue weighted by Gasteiger charge is 2.50. The zero-order valence-corrected chi connectivity index (χ0v) is 9.83. The zero-order chi connectivity index (χ0) is 11.0. The van der Waals surface area contributed by atoms with E-state index >= 15 is 0 Å². The minimum absolute atomic E-state index is 0.0682. The van der Waals surface area contributed by atoms with Crippen LogP contribution in [0.25, 0.3) is 0 Å². The first kappa shape index (κ1) is 12.0. The van der Waals surface area contributed by atoms with E-state index in [1.807, 2.05) is 13.8 Å². The van der Waals surface area contributed by atoms with Crippen molar-refractivity contribution in [2.75, 3.05) is 6.61 Å². The molecular weight excluding hydrogens is 180 g/mol. The second-order valence-corrected chi connectivity index (χ2v) is 5.06. The topological polar surface area (TPSA) is 38.7 Å². The summed E-state index contributed by atoms with van der Waals surface area (Å²) in [6, 6.07) is 0. The molecule has 14 heavy (non-hydrogen) atoms. The lowest BCUT2D eigenvalue weighted by molar-refractivity contribution is -0.262. The van der Waals surface area contributed by atoms with Crippen molar-refractivity contribution in [3.8, 4) is 0 Å². The van der Waals surface area contributed by atoms with E-state index in [-0.39, 0.29) is 6.10 Å². The minimum atomic E-state index is -0.925. The third-order valence-corrected chi connectivity index (χ3v) is 2.80. The molecule has 84 valence electrons. The summed E-state index contributed by atoms with van der Waals surface area (Å²) in [5, 5.41) is 10.3. The van der Waals surface area contributed by atoms with Gasteiger partial charge in [-0.1, -0.05) is 13.8 Å². The van der Waals surface area contributed by atoms with Crippen LogP contribution in [0.3, 0.4) is 0 Å². The monoisotopic (exact) mass is 202 g/mol. The lowest BCUT2D eigenvalue weighted by Gasteiger charge is -2.39. The predicted octanol–water partition coefficient (Wildman–Crippen LogP) is 1.93. The number of aliphatic hydroxyl groups is 1. The molecule has 0 aromatic rings. The van der Waals surface area contributed by atoms with Crippen LogP contribution in [-0.4, -0.2) is 29.2 Å². The van der Waals surface area contributed by atoms with Gasteiger partial charge in [-0.25, -0.2) is 0 Å². The molecule has 3 atom stereocenters. The third kappa shape index (κ3) is 2.27. The number of rotatable bonds is 3. The first-order valence-corrected chi connectivity index (χ1v) is 5.31. The van der Waals surface area contributed by atoms with Gasteiger partial charge in [-0.15, -0.1) is 0 Å². The highest BCUT2D eigenvalue weighted by atomic mass is 16.8. The molecule has 0 radical (unpaired) electrons. The molecule has 1 heterocycles. The summed E-state index contributed by atoms with van der Waals surface area (Å²) in [7, 11) is 0. The van der Waals surface area contributed by atoms with Gasteiger partial charge >= 0.3 is 0 Å². The van der Waals surface area contributed by atoms with Crippen molar-refractivity contribution in [3.05, 3.63) is 0 Å². The lowest BCUT2D eigenvalue weighted by Crippen LogP contribution is -2.51. The third-order valence-electron chi connectivity index (χ3n) is 2.80. The number of hydrogen-bond donors (Lipinski definition) is 1. The summed E-state index contributed by atoms with van der Waals surface area (Å²) in [5.74, 6) is -0.429. The van der Waals surface area contributed by atoms with Crippen LogP contribution in [0.15, 0.2) is 0 Å². The SMILES string of the molecule is CC(C)C[C@@](C)(O)[C@@]1(C)OC[C@H](C)O1. The molecule has 0 aliphatic carbocycles. The van der Waals surface area contributed by atoms with E-state index in [1.165, 1.54) is 0 Å². The molecule has 1 aliphatic heterocycles. The van der Waals surface area contributed by atoms with Crippen molar-refractivity contribution in [3.63, 3.8) is 0 Å². The van der Waals surface area contributed by atoms with Crippen molar-refractivity contribution >= 4 is 0 Å². The van der Waals surface area contributed by atoms with Crippen molar-refractivity contribution in [2.24, 2.45) is 5.92 Å². The molecule has 1 fully saturated rings. The summed E-state index contributed by atoms with van der Waals surface area (Å²) < 4.78 is 11.2. The Bertz CT molecular complexity index is 201. The Morgan fingerprint density at radius 1 is 1.57 bits per heavy atom. The second-order valence-electron chi connectivity index (χ2n) is 5.06. The fourth-order valence-corrected chi connectivity index (χ4v) is 1.99. The second kappa shape index (κ2) is 3.80. The van der Waals surface area contributed by atoms with E-state index < -0.39 is 11.4 Å². The van der Waals surface area contributed by atoms with Gasteiger partial charge in [-0.2, -0.15) is 0 Å². The van der Waals surface area contributed by atoms with Gasteiger partial charge in [0.2, 0.25) is 0 Å². The molecule has 0 aromatic carbocycles. The van der Waals surface area contributed by atoms with Crippen LogP contribution >= 0.6 is 0 Å². The van der Waals surface area contributed by atoms with E-state index in [1.54, 1.807) is 6.92 Å². The van der Waals surface area contributed by atoms with E-state index in [2.05, 4.69) is 13.8 Å². The van der Waals surface area contributed by atoms with Gasteiger partial charge in [-0.3, -0.25) is 0 Å². The van der Waals surface area contributed by atoms with Gasteiger partial charge in [0.25, 0.3) is 0 Å². The van der Waals surface area contributed by atoms with Crippen LogP contribution in [0.5, 0.6) is 0 Å². The summed E-state index contributed by atoms with van der Waals surface area (Å²) in [6.45, 7) is 10.3. The summed E-state index contributed by atoms with van der Waals surface area (Å²) in [6.07, 6.45) is 0.745. The molecular formula is C11H22O3. The van der Waals surface area contributed by atoms with E-state index in [0.29, 0.717) is 18.9 Å². The summed E-state index contributed by atoms with van der Waals surface area (Å²) >= 11 is 0. The molecule has 1 aliphatic rings. The minimum Gasteiger partial charge on any atom is -0.385 e. The fraction of sp³-hybridized carbons (Fsp3) is 1.00. The normalized spacial score (nSPS) is 37.5. The molecule has 0 bridgehead atoms. The van der Waals surface area contributed by atoms with Gasteiger partial charge in [-0.05, 0) is 33.1 Å². The lowest BCUT2D eigenvalue weighted by atomic mass is 9.87. The van der Waals surface area contributed by atoms with Gasteiger partial charge in [0.15, 0.2) is 5.79 Å². The van der Waals surface area contributed by atoms with Crippen LogP contribution in [0, 0.1) is 5.92 Å². The van der Waals surface area contributed by atoms with E-state index in [4.69, 9.17) is 9.47 Å². The highest BCUT2D eigenvalue weighted by molar-refractivity contribution is 4.92. The molecule has 1 rings (SSSR count). The first-order valence-electron chi connectivity index (χ1n) is 5.31. The predicted molar refractivity (Wildman–Crippen MR) is 55.0 cm³/mol. The van der Waals surface area contributed by atoms with Gasteiger partial charge in [0, 0.05) is 0 Å². The summed E-state index contributed by atoms with van der Waals surface area (Å²) in [4.78, 5) is 0.